The topological polar surface area (TPSA) is 51.8 Å². The Hall–Kier alpha value is -1.64. The van der Waals surface area contributed by atoms with Crippen molar-refractivity contribution in [2.75, 3.05) is 5.73 Å². The highest BCUT2D eigenvalue weighted by Crippen LogP contribution is 2.22. The van der Waals surface area contributed by atoms with Gasteiger partial charge >= 0.3 is 0 Å². The van der Waals surface area contributed by atoms with Gasteiger partial charge in [0.1, 0.15) is 0 Å². The second kappa shape index (κ2) is 2.69. The van der Waals surface area contributed by atoms with Crippen molar-refractivity contribution in [3.05, 3.63) is 29.6 Å². The number of aromatic nitrogens is 2. The second-order valence-corrected chi connectivity index (χ2v) is 3.11. The maximum absolute atomic E-state index is 5.94. The zero-order valence-corrected chi connectivity index (χ0v) is 7.70. The smallest absolute Gasteiger partial charge is 0.161 e. The molecular formula is C10H11N3. The number of hydrogen-bond acceptors (Lipinski definition) is 3. The highest BCUT2D eigenvalue weighted by molar-refractivity contribution is 5.89. The summed E-state index contributed by atoms with van der Waals surface area (Å²) in [5.74, 6) is 0. The van der Waals surface area contributed by atoms with Gasteiger partial charge in [-0.1, -0.05) is 0 Å². The normalized spacial score (nSPS) is 10.6. The first-order valence-electron chi connectivity index (χ1n) is 4.17. The number of aryl methyl sites for hydroxylation is 1. The molecule has 0 fully saturated rings. The third-order valence-electron chi connectivity index (χ3n) is 2.30. The van der Waals surface area contributed by atoms with E-state index in [-0.39, 0.29) is 0 Å². The quantitative estimate of drug-likeness (QED) is 0.661. The Kier molecular flexibility index (Phi) is 1.65. The molecule has 0 saturated heterocycles. The Bertz CT molecular complexity index is 463. The summed E-state index contributed by atoms with van der Waals surface area (Å²) in [7, 11) is 0. The molecule has 0 saturated carbocycles. The summed E-state index contributed by atoms with van der Waals surface area (Å²) in [6.45, 7) is 3.92. The van der Waals surface area contributed by atoms with Crippen LogP contribution >= 0.6 is 0 Å². The van der Waals surface area contributed by atoms with Crippen LogP contribution in [0.15, 0.2) is 18.3 Å². The third kappa shape index (κ3) is 1.13. The van der Waals surface area contributed by atoms with Gasteiger partial charge in [-0.3, -0.25) is 0 Å². The van der Waals surface area contributed by atoms with Crippen LogP contribution in [0, 0.1) is 13.8 Å². The van der Waals surface area contributed by atoms with E-state index in [0.29, 0.717) is 0 Å². The zero-order valence-electron chi connectivity index (χ0n) is 7.70. The highest BCUT2D eigenvalue weighted by Gasteiger charge is 2.05. The van der Waals surface area contributed by atoms with E-state index in [0.717, 1.165) is 28.0 Å². The third-order valence-corrected chi connectivity index (χ3v) is 2.30. The second-order valence-electron chi connectivity index (χ2n) is 3.11. The molecule has 0 aromatic carbocycles. The molecule has 0 bridgehead atoms. The van der Waals surface area contributed by atoms with Crippen LogP contribution in [0.25, 0.3) is 11.0 Å². The molecule has 2 aromatic rings. The predicted molar refractivity (Wildman–Crippen MR) is 53.4 cm³/mol. The van der Waals surface area contributed by atoms with Crippen LogP contribution in [0.3, 0.4) is 0 Å². The van der Waals surface area contributed by atoms with Gasteiger partial charge in [-0.25, -0.2) is 9.97 Å². The number of anilines is 1. The van der Waals surface area contributed by atoms with E-state index in [4.69, 9.17) is 5.73 Å². The van der Waals surface area contributed by atoms with Crippen LogP contribution in [0.1, 0.15) is 11.3 Å². The molecule has 3 heteroatoms. The lowest BCUT2D eigenvalue weighted by atomic mass is 10.1. The SMILES string of the molecule is Cc1nc2ncccc2c(N)c1C. The number of nitrogen functional groups attached to an aromatic ring is 1. The fourth-order valence-corrected chi connectivity index (χ4v) is 1.34. The number of fused-ring (bicyclic) bond motifs is 1. The van der Waals surface area contributed by atoms with Crippen molar-refractivity contribution in [1.82, 2.24) is 9.97 Å². The van der Waals surface area contributed by atoms with E-state index in [9.17, 15) is 0 Å². The van der Waals surface area contributed by atoms with E-state index in [2.05, 4.69) is 9.97 Å². The Morgan fingerprint density at radius 1 is 1.31 bits per heavy atom. The molecule has 2 heterocycles. The van der Waals surface area contributed by atoms with Crippen molar-refractivity contribution in [2.24, 2.45) is 0 Å². The highest BCUT2D eigenvalue weighted by atomic mass is 14.9. The lowest BCUT2D eigenvalue weighted by Gasteiger charge is -2.06. The summed E-state index contributed by atoms with van der Waals surface area (Å²) in [5.41, 5.74) is 9.44. The van der Waals surface area contributed by atoms with Crippen molar-refractivity contribution in [3.8, 4) is 0 Å². The summed E-state index contributed by atoms with van der Waals surface area (Å²) in [4.78, 5) is 8.50. The molecule has 2 N–H and O–H groups in total. The summed E-state index contributed by atoms with van der Waals surface area (Å²) in [6, 6.07) is 3.81. The Balaban J connectivity index is 2.94. The van der Waals surface area contributed by atoms with Crippen molar-refractivity contribution in [2.45, 2.75) is 13.8 Å². The maximum atomic E-state index is 5.94. The zero-order chi connectivity index (χ0) is 9.42. The van der Waals surface area contributed by atoms with E-state index in [1.165, 1.54) is 0 Å². The summed E-state index contributed by atoms with van der Waals surface area (Å²) < 4.78 is 0. The Labute approximate surface area is 76.6 Å². The van der Waals surface area contributed by atoms with Gasteiger partial charge in [-0.05, 0) is 31.5 Å². The molecule has 66 valence electrons. The van der Waals surface area contributed by atoms with Crippen LogP contribution in [0.5, 0.6) is 0 Å². The summed E-state index contributed by atoms with van der Waals surface area (Å²) in [6.07, 6.45) is 1.73. The standard InChI is InChI=1S/C10H11N3/c1-6-7(2)13-10-8(9(6)11)4-3-5-12-10/h3-5H,1-2H3,(H2,11,12,13). The maximum Gasteiger partial charge on any atom is 0.161 e. The first-order chi connectivity index (χ1) is 6.20. The minimum absolute atomic E-state index is 0.725. The molecule has 0 radical (unpaired) electrons. The van der Waals surface area contributed by atoms with Crippen LogP contribution in [-0.4, -0.2) is 9.97 Å². The number of rotatable bonds is 0. The lowest BCUT2D eigenvalue weighted by molar-refractivity contribution is 1.16. The molecule has 2 aromatic heterocycles. The van der Waals surface area contributed by atoms with Gasteiger partial charge in [0.25, 0.3) is 0 Å². The molecule has 0 atom stereocenters. The molecule has 0 aliphatic carbocycles. The van der Waals surface area contributed by atoms with E-state index in [1.54, 1.807) is 6.20 Å². The first-order valence-corrected chi connectivity index (χ1v) is 4.17. The monoisotopic (exact) mass is 173 g/mol. The van der Waals surface area contributed by atoms with Crippen LogP contribution in [-0.2, 0) is 0 Å². The van der Waals surface area contributed by atoms with Gasteiger partial charge < -0.3 is 5.73 Å². The molecule has 0 amide bonds. The van der Waals surface area contributed by atoms with Crippen LogP contribution in [0.2, 0.25) is 0 Å². The van der Waals surface area contributed by atoms with Crippen LogP contribution in [0.4, 0.5) is 5.69 Å². The summed E-state index contributed by atoms with van der Waals surface area (Å²) in [5, 5.41) is 0.936. The van der Waals surface area contributed by atoms with Gasteiger partial charge in [-0.2, -0.15) is 0 Å². The fraction of sp³-hybridized carbons (Fsp3) is 0.200. The summed E-state index contributed by atoms with van der Waals surface area (Å²) >= 11 is 0. The van der Waals surface area contributed by atoms with Gasteiger partial charge in [-0.15, -0.1) is 0 Å². The molecular weight excluding hydrogens is 162 g/mol. The molecule has 0 aliphatic rings. The Morgan fingerprint density at radius 2 is 2.08 bits per heavy atom. The van der Waals surface area contributed by atoms with Gasteiger partial charge in [0, 0.05) is 23.0 Å². The molecule has 2 rings (SSSR count). The van der Waals surface area contributed by atoms with Gasteiger partial charge in [0.2, 0.25) is 0 Å². The molecule has 0 aliphatic heterocycles. The van der Waals surface area contributed by atoms with E-state index >= 15 is 0 Å². The Morgan fingerprint density at radius 3 is 2.85 bits per heavy atom. The average molecular weight is 173 g/mol. The fourth-order valence-electron chi connectivity index (χ4n) is 1.34. The molecule has 0 spiro atoms. The van der Waals surface area contributed by atoms with Crippen molar-refractivity contribution >= 4 is 16.7 Å². The minimum Gasteiger partial charge on any atom is -0.398 e. The van der Waals surface area contributed by atoms with Crippen molar-refractivity contribution < 1.29 is 0 Å². The number of hydrogen-bond donors (Lipinski definition) is 1. The first kappa shape index (κ1) is 7.98. The van der Waals surface area contributed by atoms with Crippen molar-refractivity contribution in [1.29, 1.82) is 0 Å². The largest absolute Gasteiger partial charge is 0.398 e. The number of pyridine rings is 2. The van der Waals surface area contributed by atoms with Gasteiger partial charge in [0.05, 0.1) is 0 Å². The predicted octanol–water partition coefficient (Wildman–Crippen LogP) is 1.83. The van der Waals surface area contributed by atoms with E-state index < -0.39 is 0 Å². The molecule has 3 nitrogen and oxygen atoms in total. The number of nitrogens with two attached hydrogens (primary N) is 1. The van der Waals surface area contributed by atoms with Gasteiger partial charge in [0.15, 0.2) is 5.65 Å². The van der Waals surface area contributed by atoms with Crippen molar-refractivity contribution in [3.63, 3.8) is 0 Å². The molecule has 0 unspecified atom stereocenters. The van der Waals surface area contributed by atoms with E-state index in [1.807, 2.05) is 26.0 Å². The lowest BCUT2D eigenvalue weighted by Crippen LogP contribution is -1.98. The average Bonchev–Trinajstić information content (AvgIpc) is 2.15. The molecule has 13 heavy (non-hydrogen) atoms. The number of nitrogens with zero attached hydrogens (tertiary/aromatic N) is 2. The minimum atomic E-state index is 0.725. The van der Waals surface area contributed by atoms with Crippen LogP contribution < -0.4 is 5.73 Å².